The molecule has 1 saturated heterocycles. The van der Waals surface area contributed by atoms with Crippen LogP contribution in [0.2, 0.25) is 0 Å². The van der Waals surface area contributed by atoms with Crippen LogP contribution in [0.3, 0.4) is 0 Å². The Morgan fingerprint density at radius 3 is 2.59 bits per heavy atom. The van der Waals surface area contributed by atoms with Crippen molar-refractivity contribution in [2.75, 3.05) is 20.1 Å². The highest BCUT2D eigenvalue weighted by Gasteiger charge is 2.30. The molecule has 2 heterocycles. The number of piperidine rings is 1. The van der Waals surface area contributed by atoms with Crippen LogP contribution >= 0.6 is 0 Å². The number of guanidine groups is 1. The van der Waals surface area contributed by atoms with Crippen LogP contribution in [0.1, 0.15) is 48.2 Å². The predicted octanol–water partition coefficient (Wildman–Crippen LogP) is 3.63. The van der Waals surface area contributed by atoms with Crippen LogP contribution in [0.25, 0.3) is 0 Å². The van der Waals surface area contributed by atoms with Crippen molar-refractivity contribution >= 4 is 5.96 Å². The summed E-state index contributed by atoms with van der Waals surface area (Å²) < 4.78 is 1.95. The van der Waals surface area contributed by atoms with Gasteiger partial charge in [-0.2, -0.15) is 5.10 Å². The van der Waals surface area contributed by atoms with Gasteiger partial charge in [-0.3, -0.25) is 9.67 Å². The first-order valence-corrected chi connectivity index (χ1v) is 10.0. The highest BCUT2D eigenvalue weighted by Crippen LogP contribution is 2.34. The van der Waals surface area contributed by atoms with Gasteiger partial charge < -0.3 is 10.2 Å². The Morgan fingerprint density at radius 2 is 2.00 bits per heavy atom. The van der Waals surface area contributed by atoms with Gasteiger partial charge in [0, 0.05) is 45.0 Å². The third-order valence-electron chi connectivity index (χ3n) is 6.08. The summed E-state index contributed by atoms with van der Waals surface area (Å²) in [6.45, 7) is 9.38. The number of aromatic nitrogens is 2. The van der Waals surface area contributed by atoms with Crippen molar-refractivity contribution in [2.24, 2.45) is 18.0 Å². The monoisotopic (exact) mass is 367 g/mol. The second-order valence-corrected chi connectivity index (χ2v) is 7.59. The van der Waals surface area contributed by atoms with Gasteiger partial charge in [0.1, 0.15) is 0 Å². The van der Waals surface area contributed by atoms with Crippen LogP contribution < -0.4 is 5.32 Å². The molecule has 1 aromatic heterocycles. The summed E-state index contributed by atoms with van der Waals surface area (Å²) in [7, 11) is 3.89. The van der Waals surface area contributed by atoms with Gasteiger partial charge in [-0.15, -0.1) is 0 Å². The number of nitrogens with one attached hydrogen (secondary N) is 1. The molecule has 146 valence electrons. The minimum Gasteiger partial charge on any atom is -0.352 e. The van der Waals surface area contributed by atoms with E-state index in [0.717, 1.165) is 31.3 Å². The molecule has 0 bridgehead atoms. The van der Waals surface area contributed by atoms with Crippen molar-refractivity contribution < 1.29 is 0 Å². The fourth-order valence-corrected chi connectivity index (χ4v) is 4.35. The normalized spacial score (nSPS) is 20.8. The smallest absolute Gasteiger partial charge is 0.193 e. The lowest BCUT2D eigenvalue weighted by Gasteiger charge is -2.40. The summed E-state index contributed by atoms with van der Waals surface area (Å²) in [4.78, 5) is 6.99. The molecule has 5 heteroatoms. The van der Waals surface area contributed by atoms with Crippen LogP contribution in [0.5, 0.6) is 0 Å². The quantitative estimate of drug-likeness (QED) is 0.663. The summed E-state index contributed by atoms with van der Waals surface area (Å²) in [6.07, 6.45) is 2.36. The first-order valence-electron chi connectivity index (χ1n) is 10.0. The third-order valence-corrected chi connectivity index (χ3v) is 6.08. The van der Waals surface area contributed by atoms with E-state index in [1.807, 2.05) is 18.8 Å². The second kappa shape index (κ2) is 8.59. The molecule has 2 unspecified atom stereocenters. The summed E-state index contributed by atoms with van der Waals surface area (Å²) in [5.41, 5.74) is 5.05. The highest BCUT2D eigenvalue weighted by atomic mass is 15.3. The topological polar surface area (TPSA) is 45.4 Å². The molecular weight excluding hydrogens is 334 g/mol. The van der Waals surface area contributed by atoms with Gasteiger partial charge in [-0.1, -0.05) is 43.7 Å². The van der Waals surface area contributed by atoms with E-state index in [0.29, 0.717) is 11.8 Å². The first-order chi connectivity index (χ1) is 13.0. The Hall–Kier alpha value is -2.30. The largest absolute Gasteiger partial charge is 0.352 e. The predicted molar refractivity (Wildman–Crippen MR) is 112 cm³/mol. The summed E-state index contributed by atoms with van der Waals surface area (Å²) in [5, 5.41) is 8.09. The summed E-state index contributed by atoms with van der Waals surface area (Å²) in [6, 6.07) is 11.0. The van der Waals surface area contributed by atoms with E-state index in [-0.39, 0.29) is 0 Å². The number of hydrogen-bond donors (Lipinski definition) is 1. The first kappa shape index (κ1) is 19.5. The van der Waals surface area contributed by atoms with Crippen molar-refractivity contribution in [2.45, 2.75) is 46.1 Å². The van der Waals surface area contributed by atoms with Crippen molar-refractivity contribution in [3.05, 3.63) is 52.8 Å². The fourth-order valence-electron chi connectivity index (χ4n) is 4.35. The minimum atomic E-state index is 0.647. The molecule has 0 saturated carbocycles. The lowest BCUT2D eigenvalue weighted by molar-refractivity contribution is 0.215. The maximum Gasteiger partial charge on any atom is 0.193 e. The van der Waals surface area contributed by atoms with Gasteiger partial charge in [0.15, 0.2) is 5.96 Å². The molecule has 2 atom stereocenters. The lowest BCUT2D eigenvalue weighted by atomic mass is 9.79. The van der Waals surface area contributed by atoms with E-state index >= 15 is 0 Å². The van der Waals surface area contributed by atoms with E-state index in [1.54, 1.807) is 0 Å². The minimum absolute atomic E-state index is 0.647. The van der Waals surface area contributed by atoms with Gasteiger partial charge >= 0.3 is 0 Å². The van der Waals surface area contributed by atoms with Crippen molar-refractivity contribution in [1.82, 2.24) is 20.0 Å². The number of hydrogen-bond acceptors (Lipinski definition) is 2. The van der Waals surface area contributed by atoms with Crippen LogP contribution in [0.15, 0.2) is 35.3 Å². The summed E-state index contributed by atoms with van der Waals surface area (Å²) in [5.74, 6) is 2.30. The zero-order valence-electron chi connectivity index (χ0n) is 17.4. The Kier molecular flexibility index (Phi) is 6.19. The van der Waals surface area contributed by atoms with Crippen LogP contribution in [-0.2, 0) is 13.6 Å². The molecule has 27 heavy (non-hydrogen) atoms. The lowest BCUT2D eigenvalue weighted by Crippen LogP contribution is -2.48. The van der Waals surface area contributed by atoms with Crippen molar-refractivity contribution in [1.29, 1.82) is 0 Å². The molecule has 1 aromatic carbocycles. The maximum absolute atomic E-state index is 4.56. The second-order valence-electron chi connectivity index (χ2n) is 7.59. The molecule has 1 aliphatic heterocycles. The van der Waals surface area contributed by atoms with Crippen molar-refractivity contribution in [3.8, 4) is 0 Å². The third kappa shape index (κ3) is 4.18. The van der Waals surface area contributed by atoms with E-state index in [9.17, 15) is 0 Å². The Labute approximate surface area is 163 Å². The van der Waals surface area contributed by atoms with Gasteiger partial charge in [0.25, 0.3) is 0 Å². The number of nitrogens with zero attached hydrogens (tertiary/aromatic N) is 4. The molecule has 0 radical (unpaired) electrons. The fraction of sp³-hybridized carbons (Fsp3) is 0.545. The Balaban J connectivity index is 1.66. The van der Waals surface area contributed by atoms with E-state index in [1.165, 1.54) is 29.7 Å². The number of likely N-dealkylation sites (tertiary alicyclic amines) is 1. The van der Waals surface area contributed by atoms with Crippen LogP contribution in [0, 0.1) is 19.8 Å². The van der Waals surface area contributed by atoms with Crippen molar-refractivity contribution in [3.63, 3.8) is 0 Å². The number of aryl methyl sites for hydroxylation is 2. The van der Waals surface area contributed by atoms with E-state index in [4.69, 9.17) is 0 Å². The van der Waals surface area contributed by atoms with Gasteiger partial charge in [0.2, 0.25) is 0 Å². The molecule has 1 N–H and O–H groups in total. The molecule has 2 aromatic rings. The van der Waals surface area contributed by atoms with Gasteiger partial charge in [-0.25, -0.2) is 0 Å². The zero-order valence-corrected chi connectivity index (χ0v) is 17.4. The number of aliphatic imine (C=N–C) groups is 1. The van der Waals surface area contributed by atoms with Crippen LogP contribution in [0.4, 0.5) is 0 Å². The Bertz CT molecular complexity index is 778. The average molecular weight is 368 g/mol. The molecule has 5 nitrogen and oxygen atoms in total. The molecule has 1 fully saturated rings. The highest BCUT2D eigenvalue weighted by molar-refractivity contribution is 5.80. The van der Waals surface area contributed by atoms with E-state index < -0.39 is 0 Å². The SMILES string of the molecule is CCC1CN(C(=NC)NCc2c(C)nn(C)c2C)CCC1c1ccccc1. The zero-order chi connectivity index (χ0) is 19.4. The molecule has 0 spiro atoms. The molecule has 1 aliphatic rings. The summed E-state index contributed by atoms with van der Waals surface area (Å²) >= 11 is 0. The number of benzene rings is 1. The standard InChI is InChI=1S/C22H33N5/c1-6-18-15-27(13-12-20(18)19-10-8-7-9-11-19)22(23-4)24-14-21-16(2)25-26(5)17(21)3/h7-11,18,20H,6,12-15H2,1-5H3,(H,23,24). The molecular formula is C22H33N5. The maximum atomic E-state index is 4.56. The number of rotatable bonds is 4. The van der Waals surface area contributed by atoms with E-state index in [2.05, 4.69) is 71.4 Å². The van der Waals surface area contributed by atoms with Crippen LogP contribution in [-0.4, -0.2) is 40.8 Å². The van der Waals surface area contributed by atoms with Gasteiger partial charge in [-0.05, 0) is 37.7 Å². The Morgan fingerprint density at radius 1 is 1.26 bits per heavy atom. The molecule has 0 amide bonds. The van der Waals surface area contributed by atoms with Gasteiger partial charge in [0.05, 0.1) is 5.69 Å². The average Bonchev–Trinajstić information content (AvgIpc) is 2.94. The molecule has 0 aliphatic carbocycles. The molecule has 3 rings (SSSR count).